The van der Waals surface area contributed by atoms with Crippen molar-refractivity contribution in [2.45, 2.75) is 16.7 Å². The summed E-state index contributed by atoms with van der Waals surface area (Å²) in [6.07, 6.45) is 0. The monoisotopic (exact) mass is 458 g/mol. The van der Waals surface area contributed by atoms with E-state index in [9.17, 15) is 8.42 Å². The molecule has 0 unspecified atom stereocenters. The van der Waals surface area contributed by atoms with E-state index >= 15 is 0 Å². The molecule has 33 heavy (non-hydrogen) atoms. The number of ether oxygens (including phenoxy) is 2. The van der Waals surface area contributed by atoms with Gasteiger partial charge in [0.1, 0.15) is 16.2 Å². The fourth-order valence-corrected chi connectivity index (χ4v) is 5.51. The summed E-state index contributed by atoms with van der Waals surface area (Å²) in [4.78, 5) is 9.47. The molecule has 0 amide bonds. The molecule has 0 saturated heterocycles. The molecule has 0 atom stereocenters. The number of nitrogens with two attached hydrogens (primary N) is 1. The van der Waals surface area contributed by atoms with Gasteiger partial charge in [0.25, 0.3) is 0 Å². The molecular weight excluding hydrogens is 440 g/mol. The molecule has 6 rings (SSSR count). The Morgan fingerprint density at radius 2 is 1.61 bits per heavy atom. The van der Waals surface area contributed by atoms with E-state index in [-0.39, 0.29) is 27.9 Å². The van der Waals surface area contributed by atoms with Crippen molar-refractivity contribution in [2.24, 2.45) is 0 Å². The lowest BCUT2D eigenvalue weighted by Gasteiger charge is -2.09. The van der Waals surface area contributed by atoms with Gasteiger partial charge in [-0.2, -0.15) is 0 Å². The highest BCUT2D eigenvalue weighted by atomic mass is 32.2. The quantitative estimate of drug-likeness (QED) is 0.435. The van der Waals surface area contributed by atoms with Crippen molar-refractivity contribution in [3.63, 3.8) is 0 Å². The molecule has 1 aliphatic rings. The van der Waals surface area contributed by atoms with E-state index in [0.29, 0.717) is 33.9 Å². The van der Waals surface area contributed by atoms with E-state index in [4.69, 9.17) is 20.2 Å². The fraction of sp³-hybridized carbons (Fsp3) is 0.0833. The maximum absolute atomic E-state index is 13.7. The average Bonchev–Trinajstić information content (AvgIpc) is 3.38. The minimum atomic E-state index is -3.98. The molecule has 3 heterocycles. The standard InChI is InChI=1S/C24H18N4O4S/c1-14-6-9-16(10-7-14)33(29,30)22-21-24(27-18-5-3-2-4-17(18)26-21)28(23(22)25)15-8-11-19-20(12-15)32-13-31-19/h2-12H,13,25H2,1H3. The molecule has 164 valence electrons. The molecule has 0 aliphatic carbocycles. The Labute approximate surface area is 189 Å². The minimum Gasteiger partial charge on any atom is -0.454 e. The number of hydrogen-bond donors (Lipinski definition) is 1. The van der Waals surface area contributed by atoms with Crippen LogP contribution in [-0.2, 0) is 9.84 Å². The second kappa shape index (κ2) is 6.94. The third-order valence-electron chi connectivity index (χ3n) is 5.67. The summed E-state index contributed by atoms with van der Waals surface area (Å²) in [5.41, 5.74) is 9.85. The van der Waals surface area contributed by atoms with Gasteiger partial charge in [0, 0.05) is 6.07 Å². The Morgan fingerprint density at radius 1 is 0.909 bits per heavy atom. The van der Waals surface area contributed by atoms with Crippen LogP contribution in [0.25, 0.3) is 27.9 Å². The summed E-state index contributed by atoms with van der Waals surface area (Å²) >= 11 is 0. The average molecular weight is 458 g/mol. The highest BCUT2D eigenvalue weighted by molar-refractivity contribution is 7.92. The number of fused-ring (bicyclic) bond motifs is 3. The van der Waals surface area contributed by atoms with Crippen LogP contribution in [0.3, 0.4) is 0 Å². The number of anilines is 1. The number of hydrogen-bond acceptors (Lipinski definition) is 7. The van der Waals surface area contributed by atoms with E-state index in [1.54, 1.807) is 53.1 Å². The van der Waals surface area contributed by atoms with Crippen LogP contribution < -0.4 is 15.2 Å². The van der Waals surface area contributed by atoms with Crippen LogP contribution >= 0.6 is 0 Å². The minimum absolute atomic E-state index is 0.0275. The molecule has 0 bridgehead atoms. The normalized spacial score (nSPS) is 13.1. The predicted molar refractivity (Wildman–Crippen MR) is 124 cm³/mol. The Hall–Kier alpha value is -4.11. The Bertz CT molecular complexity index is 1680. The van der Waals surface area contributed by atoms with Crippen molar-refractivity contribution in [1.29, 1.82) is 0 Å². The summed E-state index contributed by atoms with van der Waals surface area (Å²) < 4.78 is 40.0. The lowest BCUT2D eigenvalue weighted by atomic mass is 10.2. The first-order valence-electron chi connectivity index (χ1n) is 10.2. The van der Waals surface area contributed by atoms with Gasteiger partial charge in [0.05, 0.1) is 21.6 Å². The molecule has 3 aromatic carbocycles. The second-order valence-corrected chi connectivity index (χ2v) is 9.67. The number of sulfone groups is 1. The molecule has 0 spiro atoms. The zero-order valence-electron chi connectivity index (χ0n) is 17.5. The van der Waals surface area contributed by atoms with Crippen molar-refractivity contribution >= 4 is 37.9 Å². The summed E-state index contributed by atoms with van der Waals surface area (Å²) in [5.74, 6) is 1.18. The molecule has 0 saturated carbocycles. The first kappa shape index (κ1) is 19.6. The zero-order valence-corrected chi connectivity index (χ0v) is 18.3. The van der Waals surface area contributed by atoms with Crippen LogP contribution in [0.2, 0.25) is 0 Å². The van der Waals surface area contributed by atoms with Crippen molar-refractivity contribution in [1.82, 2.24) is 14.5 Å². The van der Waals surface area contributed by atoms with Gasteiger partial charge in [0.15, 0.2) is 17.1 Å². The lowest BCUT2D eigenvalue weighted by molar-refractivity contribution is 0.174. The van der Waals surface area contributed by atoms with E-state index in [1.807, 2.05) is 25.1 Å². The molecule has 2 aromatic heterocycles. The summed E-state index contributed by atoms with van der Waals surface area (Å²) in [6.45, 7) is 2.02. The molecule has 2 N–H and O–H groups in total. The first-order chi connectivity index (χ1) is 15.9. The Morgan fingerprint density at radius 3 is 2.36 bits per heavy atom. The van der Waals surface area contributed by atoms with Gasteiger partial charge in [0.2, 0.25) is 16.6 Å². The van der Waals surface area contributed by atoms with Gasteiger partial charge in [-0.3, -0.25) is 4.57 Å². The number of nitrogens with zero attached hydrogens (tertiary/aromatic N) is 3. The van der Waals surface area contributed by atoms with Crippen molar-refractivity contribution in [3.05, 3.63) is 72.3 Å². The number of rotatable bonds is 3. The fourth-order valence-electron chi connectivity index (χ4n) is 4.02. The summed E-state index contributed by atoms with van der Waals surface area (Å²) in [6, 6.07) is 19.2. The summed E-state index contributed by atoms with van der Waals surface area (Å²) in [5, 5.41) is 0. The molecule has 5 aromatic rings. The number of aryl methyl sites for hydroxylation is 1. The van der Waals surface area contributed by atoms with Crippen LogP contribution in [0.15, 0.2) is 76.5 Å². The zero-order chi connectivity index (χ0) is 22.7. The number of benzene rings is 3. The number of aromatic nitrogens is 3. The largest absolute Gasteiger partial charge is 0.454 e. The third kappa shape index (κ3) is 2.93. The predicted octanol–water partition coefficient (Wildman–Crippen LogP) is 4.03. The number of para-hydroxylation sites is 2. The Balaban J connectivity index is 1.70. The van der Waals surface area contributed by atoms with Gasteiger partial charge in [-0.1, -0.05) is 29.8 Å². The number of nitrogen functional groups attached to an aromatic ring is 1. The lowest BCUT2D eigenvalue weighted by Crippen LogP contribution is -2.07. The van der Waals surface area contributed by atoms with Gasteiger partial charge >= 0.3 is 0 Å². The van der Waals surface area contributed by atoms with E-state index in [0.717, 1.165) is 5.56 Å². The molecular formula is C24H18N4O4S. The maximum atomic E-state index is 13.7. The molecule has 0 fully saturated rings. The highest BCUT2D eigenvalue weighted by Gasteiger charge is 2.31. The van der Waals surface area contributed by atoms with Gasteiger partial charge in [-0.05, 0) is 43.3 Å². The first-order valence-corrected chi connectivity index (χ1v) is 11.7. The van der Waals surface area contributed by atoms with Gasteiger partial charge < -0.3 is 15.2 Å². The highest BCUT2D eigenvalue weighted by Crippen LogP contribution is 2.40. The maximum Gasteiger partial charge on any atom is 0.231 e. The van der Waals surface area contributed by atoms with Crippen LogP contribution in [0.1, 0.15) is 5.56 Å². The smallest absolute Gasteiger partial charge is 0.231 e. The van der Waals surface area contributed by atoms with Gasteiger partial charge in [-0.25, -0.2) is 18.4 Å². The summed E-state index contributed by atoms with van der Waals surface area (Å²) in [7, 11) is -3.98. The van der Waals surface area contributed by atoms with Crippen molar-refractivity contribution in [3.8, 4) is 17.2 Å². The Kier molecular flexibility index (Phi) is 4.12. The van der Waals surface area contributed by atoms with Crippen molar-refractivity contribution < 1.29 is 17.9 Å². The van der Waals surface area contributed by atoms with Crippen LogP contribution in [0.4, 0.5) is 5.82 Å². The molecule has 1 aliphatic heterocycles. The van der Waals surface area contributed by atoms with E-state index in [1.165, 1.54) is 0 Å². The topological polar surface area (TPSA) is 109 Å². The van der Waals surface area contributed by atoms with Crippen LogP contribution in [0, 0.1) is 6.92 Å². The molecule has 0 radical (unpaired) electrons. The van der Waals surface area contributed by atoms with E-state index < -0.39 is 9.84 Å². The van der Waals surface area contributed by atoms with E-state index in [2.05, 4.69) is 4.98 Å². The van der Waals surface area contributed by atoms with Crippen molar-refractivity contribution in [2.75, 3.05) is 12.5 Å². The van der Waals surface area contributed by atoms with Gasteiger partial charge in [-0.15, -0.1) is 0 Å². The van der Waals surface area contributed by atoms with Crippen LogP contribution in [-0.4, -0.2) is 29.7 Å². The molecule has 8 nitrogen and oxygen atoms in total. The third-order valence-corrected chi connectivity index (χ3v) is 7.50. The SMILES string of the molecule is Cc1ccc(S(=O)(=O)c2c(N)n(-c3ccc4c(c3)OCO4)c3nc4ccccc4nc23)cc1. The molecule has 9 heteroatoms. The van der Waals surface area contributed by atoms with Crippen LogP contribution in [0.5, 0.6) is 11.5 Å². The second-order valence-electron chi connectivity index (χ2n) is 7.79.